The fraction of sp³-hybridized carbons (Fsp3) is 0.667. The molecular weight excluding hydrogens is 614 g/mol. The van der Waals surface area contributed by atoms with Gasteiger partial charge in [-0.2, -0.15) is 0 Å². The summed E-state index contributed by atoms with van der Waals surface area (Å²) in [6.07, 6.45) is 7.42. The van der Waals surface area contributed by atoms with Gasteiger partial charge in [0.1, 0.15) is 20.9 Å². The van der Waals surface area contributed by atoms with Gasteiger partial charge < -0.3 is 18.6 Å². The van der Waals surface area contributed by atoms with Crippen molar-refractivity contribution >= 4 is 61.3 Å². The van der Waals surface area contributed by atoms with Gasteiger partial charge in [-0.15, -0.1) is 0 Å². The number of aromatic nitrogens is 4. The molecule has 28 heavy (non-hydrogen) atoms. The van der Waals surface area contributed by atoms with Crippen LogP contribution in [0, 0.1) is 7.40 Å². The molecule has 160 valence electrons. The topological polar surface area (TPSA) is 54.1 Å². The van der Waals surface area contributed by atoms with Crippen LogP contribution in [0.1, 0.15) is 0 Å². The Labute approximate surface area is 199 Å². The fourth-order valence-electron chi connectivity index (χ4n) is 1.89. The first-order valence-corrected chi connectivity index (χ1v) is 19.0. The van der Waals surface area contributed by atoms with Gasteiger partial charge in [0, 0.05) is 35.6 Å². The van der Waals surface area contributed by atoms with Crippen LogP contribution in [0.25, 0.3) is 0 Å². The zero-order valence-electron chi connectivity index (χ0n) is 17.9. The van der Waals surface area contributed by atoms with Crippen LogP contribution in [0.3, 0.4) is 0 Å². The highest BCUT2D eigenvalue weighted by Crippen LogP contribution is 2.09. The van der Waals surface area contributed by atoms with Crippen LogP contribution < -0.4 is 0 Å². The molecule has 0 fully saturated rings. The van der Waals surface area contributed by atoms with Gasteiger partial charge in [0.05, 0.1) is 18.9 Å². The predicted octanol–water partition coefficient (Wildman–Crippen LogP) is 5.60. The molecule has 0 unspecified atom stereocenters. The molecule has 0 saturated heterocycles. The van der Waals surface area contributed by atoms with Gasteiger partial charge in [-0.25, -0.2) is 9.97 Å². The minimum absolute atomic E-state index is 0.625. The van der Waals surface area contributed by atoms with E-state index in [4.69, 9.17) is 9.47 Å². The molecule has 0 aliphatic rings. The zero-order chi connectivity index (χ0) is 21.2. The van der Waals surface area contributed by atoms with Gasteiger partial charge in [-0.05, 0) is 57.3 Å². The summed E-state index contributed by atoms with van der Waals surface area (Å²) in [7, 11) is -1.89. The molecule has 0 saturated carbocycles. The summed E-state index contributed by atoms with van der Waals surface area (Å²) in [5, 5.41) is 0. The lowest BCUT2D eigenvalue weighted by molar-refractivity contribution is 0.0855. The van der Waals surface area contributed by atoms with E-state index in [1.807, 2.05) is 21.5 Å². The Morgan fingerprint density at radius 2 is 1.46 bits per heavy atom. The zero-order valence-corrected chi connectivity index (χ0v) is 24.2. The first-order valence-electron chi connectivity index (χ1n) is 9.45. The molecular formula is C18H34I2N4O2Si2. The summed E-state index contributed by atoms with van der Waals surface area (Å²) in [6, 6.07) is 2.44. The van der Waals surface area contributed by atoms with Gasteiger partial charge in [-0.3, -0.25) is 0 Å². The smallest absolute Gasteiger partial charge is 0.124 e. The third kappa shape index (κ3) is 13.5. The first-order chi connectivity index (χ1) is 13.0. The van der Waals surface area contributed by atoms with Crippen LogP contribution >= 0.6 is 45.2 Å². The van der Waals surface area contributed by atoms with Crippen molar-refractivity contribution in [2.75, 3.05) is 13.2 Å². The molecule has 0 radical (unpaired) electrons. The third-order valence-electron chi connectivity index (χ3n) is 3.73. The lowest BCUT2D eigenvalue weighted by Crippen LogP contribution is -2.22. The van der Waals surface area contributed by atoms with E-state index in [1.165, 1.54) is 12.1 Å². The largest absolute Gasteiger partial charge is 0.361 e. The van der Waals surface area contributed by atoms with Crippen molar-refractivity contribution in [3.05, 3.63) is 32.4 Å². The van der Waals surface area contributed by atoms with Crippen molar-refractivity contribution in [3.63, 3.8) is 0 Å². The lowest BCUT2D eigenvalue weighted by atomic mass is 10.8. The number of nitrogens with zero attached hydrogens (tertiary/aromatic N) is 4. The summed E-state index contributed by atoms with van der Waals surface area (Å²) in [4.78, 5) is 8.16. The molecule has 0 aliphatic carbocycles. The molecule has 0 N–H and O–H groups in total. The molecule has 0 aliphatic heterocycles. The Hall–Kier alpha value is 0.234. The van der Waals surface area contributed by atoms with Crippen molar-refractivity contribution in [2.24, 2.45) is 0 Å². The molecule has 6 nitrogen and oxygen atoms in total. The van der Waals surface area contributed by atoms with Crippen LogP contribution in [0.5, 0.6) is 0 Å². The number of halogens is 2. The van der Waals surface area contributed by atoms with Crippen molar-refractivity contribution < 1.29 is 9.47 Å². The molecule has 2 aromatic heterocycles. The van der Waals surface area contributed by atoms with E-state index in [-0.39, 0.29) is 0 Å². The van der Waals surface area contributed by atoms with Crippen LogP contribution in [0.15, 0.2) is 25.0 Å². The Morgan fingerprint density at radius 1 is 0.893 bits per heavy atom. The molecule has 2 aromatic rings. The van der Waals surface area contributed by atoms with E-state index in [9.17, 15) is 0 Å². The number of rotatable bonds is 10. The fourth-order valence-corrected chi connectivity index (χ4v) is 4.31. The molecule has 0 amide bonds. The Kier molecular flexibility index (Phi) is 12.0. The molecule has 0 spiro atoms. The highest BCUT2D eigenvalue weighted by molar-refractivity contribution is 14.1. The first kappa shape index (κ1) is 26.3. The van der Waals surface area contributed by atoms with E-state index in [0.717, 1.165) is 20.6 Å². The average molecular weight is 648 g/mol. The van der Waals surface area contributed by atoms with E-state index in [0.29, 0.717) is 13.5 Å². The van der Waals surface area contributed by atoms with Crippen molar-refractivity contribution in [1.29, 1.82) is 0 Å². The highest BCUT2D eigenvalue weighted by Gasteiger charge is 2.12. The quantitative estimate of drug-likeness (QED) is 0.191. The summed E-state index contributed by atoms with van der Waals surface area (Å²) in [5.74, 6) is 0. The second-order valence-electron chi connectivity index (χ2n) is 9.09. The van der Waals surface area contributed by atoms with Crippen LogP contribution in [-0.2, 0) is 22.9 Å². The van der Waals surface area contributed by atoms with Gasteiger partial charge in [0.15, 0.2) is 0 Å². The maximum atomic E-state index is 5.59. The lowest BCUT2D eigenvalue weighted by Gasteiger charge is -2.15. The molecule has 0 bridgehead atoms. The summed E-state index contributed by atoms with van der Waals surface area (Å²) >= 11 is 4.45. The van der Waals surface area contributed by atoms with Gasteiger partial charge in [0.25, 0.3) is 0 Å². The maximum absolute atomic E-state index is 5.59. The van der Waals surface area contributed by atoms with Crippen molar-refractivity contribution in [1.82, 2.24) is 19.1 Å². The van der Waals surface area contributed by atoms with E-state index >= 15 is 0 Å². The molecule has 2 rings (SSSR count). The molecule has 10 heteroatoms. The Balaban J connectivity index is 0.000000280. The highest BCUT2D eigenvalue weighted by atomic mass is 127. The normalized spacial score (nSPS) is 12.0. The summed E-state index contributed by atoms with van der Waals surface area (Å²) in [6.45, 7) is 17.1. The molecule has 2 heterocycles. The number of ether oxygens (including phenoxy) is 2. The maximum Gasteiger partial charge on any atom is 0.124 e. The average Bonchev–Trinajstić information content (AvgIpc) is 3.15. The molecule has 0 atom stereocenters. The second kappa shape index (κ2) is 12.8. The van der Waals surface area contributed by atoms with Crippen LogP contribution in [-0.4, -0.2) is 48.5 Å². The monoisotopic (exact) mass is 648 g/mol. The number of imidazole rings is 2. The Bertz CT molecular complexity index is 682. The Morgan fingerprint density at radius 3 is 1.89 bits per heavy atom. The van der Waals surface area contributed by atoms with Gasteiger partial charge in [0.2, 0.25) is 0 Å². The second-order valence-corrected chi connectivity index (χ2v) is 22.5. The minimum Gasteiger partial charge on any atom is -0.361 e. The van der Waals surface area contributed by atoms with Crippen LogP contribution in [0.2, 0.25) is 51.4 Å². The number of hydrogen-bond donors (Lipinski definition) is 0. The van der Waals surface area contributed by atoms with Crippen LogP contribution in [0.4, 0.5) is 0 Å². The SMILES string of the molecule is C[Si](C)(C)CCOCn1cnc(I)c1.C[Si](C)(C)CCOCn1cncc1I. The standard InChI is InChI=1S/2C9H17IN2OSi/c1-14(2,3)5-4-13-8-12-6-9(10)11-7-12;1-14(2,3)5-4-13-8-12-7-11-6-9(12)10/h2*6-7H,4-5,8H2,1-3H3. The predicted molar refractivity (Wildman–Crippen MR) is 138 cm³/mol. The van der Waals surface area contributed by atoms with Gasteiger partial charge >= 0.3 is 0 Å². The van der Waals surface area contributed by atoms with E-state index in [2.05, 4.69) is 94.4 Å². The van der Waals surface area contributed by atoms with E-state index in [1.54, 1.807) is 12.7 Å². The number of hydrogen-bond acceptors (Lipinski definition) is 4. The summed E-state index contributed by atoms with van der Waals surface area (Å²) < 4.78 is 17.3. The third-order valence-corrected chi connectivity index (χ3v) is 8.59. The summed E-state index contributed by atoms with van der Waals surface area (Å²) in [5.41, 5.74) is 0. The van der Waals surface area contributed by atoms with Crippen molar-refractivity contribution in [3.8, 4) is 0 Å². The van der Waals surface area contributed by atoms with Gasteiger partial charge in [-0.1, -0.05) is 39.3 Å². The molecule has 0 aromatic carbocycles. The van der Waals surface area contributed by atoms with E-state index < -0.39 is 16.1 Å². The van der Waals surface area contributed by atoms with Crippen molar-refractivity contribution in [2.45, 2.75) is 64.8 Å². The minimum atomic E-state index is -0.945.